The maximum atomic E-state index is 13.3. The minimum atomic E-state index is -1.06. The van der Waals surface area contributed by atoms with E-state index in [1.54, 1.807) is 24.3 Å². The van der Waals surface area contributed by atoms with Gasteiger partial charge >= 0.3 is 0 Å². The molecule has 0 radical (unpaired) electrons. The summed E-state index contributed by atoms with van der Waals surface area (Å²) in [7, 11) is 0. The number of benzene rings is 2. The zero-order chi connectivity index (χ0) is 21.1. The first kappa shape index (κ1) is 19.8. The summed E-state index contributed by atoms with van der Waals surface area (Å²) in [5.74, 6) is -1.15. The third-order valence-electron chi connectivity index (χ3n) is 4.85. The van der Waals surface area contributed by atoms with Crippen LogP contribution in [0.2, 0.25) is 0 Å². The number of hydrogen-bond donors (Lipinski definition) is 2. The van der Waals surface area contributed by atoms with E-state index in [1.807, 2.05) is 13.0 Å². The van der Waals surface area contributed by atoms with Crippen molar-refractivity contribution in [1.82, 2.24) is 9.97 Å². The molecule has 0 unspecified atom stereocenters. The highest BCUT2D eigenvalue weighted by Gasteiger charge is 2.15. The second-order valence-electron chi connectivity index (χ2n) is 7.17. The van der Waals surface area contributed by atoms with Crippen molar-refractivity contribution in [2.75, 3.05) is 28.6 Å². The fourth-order valence-corrected chi connectivity index (χ4v) is 3.32. The summed E-state index contributed by atoms with van der Waals surface area (Å²) in [6, 6.07) is 12.0. The molecule has 2 heterocycles. The van der Waals surface area contributed by atoms with Crippen LogP contribution in [0, 0.1) is 18.6 Å². The number of hydrogen-bond acceptors (Lipinski definition) is 5. The topological polar surface area (TPSA) is 70.2 Å². The van der Waals surface area contributed by atoms with Gasteiger partial charge in [-0.1, -0.05) is 0 Å². The van der Waals surface area contributed by atoms with Gasteiger partial charge in [-0.3, -0.25) is 4.79 Å². The smallest absolute Gasteiger partial charge is 0.255 e. The molecular weight excluding hydrogens is 388 g/mol. The second kappa shape index (κ2) is 8.44. The van der Waals surface area contributed by atoms with Gasteiger partial charge in [0, 0.05) is 41.8 Å². The molecule has 6 nitrogen and oxygen atoms in total. The molecule has 1 aliphatic heterocycles. The van der Waals surface area contributed by atoms with Gasteiger partial charge in [0.1, 0.15) is 5.82 Å². The number of halogens is 2. The highest BCUT2D eigenvalue weighted by Crippen LogP contribution is 2.22. The molecule has 1 fully saturated rings. The fraction of sp³-hybridized carbons (Fsp3) is 0.227. The Hall–Kier alpha value is -3.55. The first-order valence-electron chi connectivity index (χ1n) is 9.72. The molecule has 0 atom stereocenters. The van der Waals surface area contributed by atoms with Crippen LogP contribution in [0.4, 0.5) is 31.9 Å². The Kier molecular flexibility index (Phi) is 5.56. The van der Waals surface area contributed by atoms with E-state index in [0.29, 0.717) is 11.6 Å². The van der Waals surface area contributed by atoms with E-state index >= 15 is 0 Å². The quantitative estimate of drug-likeness (QED) is 0.641. The molecule has 2 aromatic carbocycles. The minimum Gasteiger partial charge on any atom is -0.356 e. The van der Waals surface area contributed by atoms with E-state index in [4.69, 9.17) is 0 Å². The first-order valence-corrected chi connectivity index (χ1v) is 9.72. The summed E-state index contributed by atoms with van der Waals surface area (Å²) in [6.45, 7) is 3.94. The molecule has 3 aromatic rings. The van der Waals surface area contributed by atoms with E-state index in [-0.39, 0.29) is 5.56 Å². The van der Waals surface area contributed by atoms with Crippen LogP contribution >= 0.6 is 0 Å². The van der Waals surface area contributed by atoms with Gasteiger partial charge in [-0.25, -0.2) is 13.8 Å². The molecule has 1 amide bonds. The maximum absolute atomic E-state index is 13.3. The zero-order valence-electron chi connectivity index (χ0n) is 16.5. The lowest BCUT2D eigenvalue weighted by molar-refractivity contribution is 0.102. The molecular formula is C22H21F2N5O. The van der Waals surface area contributed by atoms with Crippen LogP contribution in [0.3, 0.4) is 0 Å². The van der Waals surface area contributed by atoms with Crippen molar-refractivity contribution in [2.45, 2.75) is 19.8 Å². The average molecular weight is 409 g/mol. The van der Waals surface area contributed by atoms with Crippen molar-refractivity contribution in [3.8, 4) is 0 Å². The van der Waals surface area contributed by atoms with E-state index in [0.717, 1.165) is 42.4 Å². The number of nitrogens with zero attached hydrogens (tertiary/aromatic N) is 3. The summed E-state index contributed by atoms with van der Waals surface area (Å²) in [5, 5.41) is 5.84. The van der Waals surface area contributed by atoms with E-state index < -0.39 is 17.5 Å². The Labute approximate surface area is 173 Å². The van der Waals surface area contributed by atoms with Crippen molar-refractivity contribution in [1.29, 1.82) is 0 Å². The van der Waals surface area contributed by atoms with Gasteiger partial charge in [0.2, 0.25) is 5.95 Å². The Balaban J connectivity index is 1.43. The van der Waals surface area contributed by atoms with Crippen LogP contribution in [-0.4, -0.2) is 29.0 Å². The summed E-state index contributed by atoms with van der Waals surface area (Å²) in [6.07, 6.45) is 2.34. The summed E-state index contributed by atoms with van der Waals surface area (Å²) in [5.41, 5.74) is 2.21. The molecule has 1 aromatic heterocycles. The molecule has 2 N–H and O–H groups in total. The summed E-state index contributed by atoms with van der Waals surface area (Å²) in [4.78, 5) is 23.5. The Morgan fingerprint density at radius 3 is 2.33 bits per heavy atom. The number of rotatable bonds is 5. The number of amides is 1. The first-order chi connectivity index (χ1) is 14.5. The highest BCUT2D eigenvalue weighted by molar-refractivity contribution is 6.04. The van der Waals surface area contributed by atoms with Crippen molar-refractivity contribution in [3.63, 3.8) is 0 Å². The standard InChI is InChI=1S/C22H21F2N5O/c1-14-12-20(29-10-2-3-11-29)28-22(25-14)27-17-7-5-16(6-8-17)26-21(30)15-4-9-18(23)19(24)13-15/h4-9,12-13H,2-3,10-11H2,1H3,(H,26,30)(H,25,27,28). The number of carbonyl (C=O) groups is 1. The Bertz CT molecular complexity index is 1070. The minimum absolute atomic E-state index is 0.0405. The highest BCUT2D eigenvalue weighted by atomic mass is 19.2. The molecule has 4 rings (SSSR count). The van der Waals surface area contributed by atoms with Crippen molar-refractivity contribution >= 4 is 29.0 Å². The van der Waals surface area contributed by atoms with E-state index in [9.17, 15) is 13.6 Å². The molecule has 0 spiro atoms. The molecule has 0 bridgehead atoms. The van der Waals surface area contributed by atoms with Gasteiger partial charge in [-0.05, 0) is 62.2 Å². The van der Waals surface area contributed by atoms with Gasteiger partial charge in [-0.2, -0.15) is 4.98 Å². The lowest BCUT2D eigenvalue weighted by atomic mass is 10.2. The molecule has 0 aliphatic carbocycles. The van der Waals surface area contributed by atoms with Crippen LogP contribution in [0.1, 0.15) is 28.9 Å². The second-order valence-corrected chi connectivity index (χ2v) is 7.17. The van der Waals surface area contributed by atoms with E-state index in [1.165, 1.54) is 18.9 Å². The maximum Gasteiger partial charge on any atom is 0.255 e. The number of anilines is 4. The van der Waals surface area contributed by atoms with Crippen molar-refractivity contribution in [2.24, 2.45) is 0 Å². The Morgan fingerprint density at radius 2 is 1.63 bits per heavy atom. The lowest BCUT2D eigenvalue weighted by Gasteiger charge is -2.17. The van der Waals surface area contributed by atoms with Crippen LogP contribution < -0.4 is 15.5 Å². The third kappa shape index (κ3) is 4.53. The van der Waals surface area contributed by atoms with Crippen molar-refractivity contribution in [3.05, 3.63) is 71.4 Å². The van der Waals surface area contributed by atoms with Gasteiger partial charge in [0.25, 0.3) is 5.91 Å². The SMILES string of the molecule is Cc1cc(N2CCCC2)nc(Nc2ccc(NC(=O)c3ccc(F)c(F)c3)cc2)n1. The van der Waals surface area contributed by atoms with Gasteiger partial charge < -0.3 is 15.5 Å². The number of aryl methyl sites for hydroxylation is 1. The number of aromatic nitrogens is 2. The van der Waals surface area contributed by atoms with Crippen LogP contribution in [-0.2, 0) is 0 Å². The predicted octanol–water partition coefficient (Wildman–Crippen LogP) is 4.66. The molecule has 154 valence electrons. The molecule has 30 heavy (non-hydrogen) atoms. The monoisotopic (exact) mass is 409 g/mol. The summed E-state index contributed by atoms with van der Waals surface area (Å²) < 4.78 is 26.3. The van der Waals surface area contributed by atoms with Crippen LogP contribution in [0.5, 0.6) is 0 Å². The normalized spacial score (nSPS) is 13.4. The van der Waals surface area contributed by atoms with Crippen LogP contribution in [0.15, 0.2) is 48.5 Å². The van der Waals surface area contributed by atoms with Crippen molar-refractivity contribution < 1.29 is 13.6 Å². The lowest BCUT2D eigenvalue weighted by Crippen LogP contribution is -2.19. The number of nitrogens with one attached hydrogen (secondary N) is 2. The third-order valence-corrected chi connectivity index (χ3v) is 4.85. The van der Waals surface area contributed by atoms with Crippen LogP contribution in [0.25, 0.3) is 0 Å². The molecule has 1 saturated heterocycles. The van der Waals surface area contributed by atoms with Gasteiger partial charge in [0.15, 0.2) is 11.6 Å². The zero-order valence-corrected chi connectivity index (χ0v) is 16.5. The Morgan fingerprint density at radius 1 is 0.933 bits per heavy atom. The molecule has 1 aliphatic rings. The predicted molar refractivity (Wildman–Crippen MR) is 112 cm³/mol. The number of carbonyl (C=O) groups excluding carboxylic acids is 1. The summed E-state index contributed by atoms with van der Waals surface area (Å²) >= 11 is 0. The van der Waals surface area contributed by atoms with Gasteiger partial charge in [0.05, 0.1) is 0 Å². The molecule has 8 heteroatoms. The molecule has 0 saturated carbocycles. The largest absolute Gasteiger partial charge is 0.356 e. The fourth-order valence-electron chi connectivity index (χ4n) is 3.32. The van der Waals surface area contributed by atoms with E-state index in [2.05, 4.69) is 25.5 Å². The average Bonchev–Trinajstić information content (AvgIpc) is 3.26. The van der Waals surface area contributed by atoms with Gasteiger partial charge in [-0.15, -0.1) is 0 Å².